The summed E-state index contributed by atoms with van der Waals surface area (Å²) >= 11 is 0. The number of hydrogen-bond donors (Lipinski definition) is 3. The van der Waals surface area contributed by atoms with E-state index in [1.165, 1.54) is 39.0 Å². The fraction of sp³-hybridized carbons (Fsp3) is 0.556. The number of ketones is 1. The molecule has 2 aromatic carbocycles. The quantitative estimate of drug-likeness (QED) is 0.217. The lowest BCUT2D eigenvalue weighted by Gasteiger charge is -2.66. The molecule has 6 rings (SSSR count). The second kappa shape index (κ2) is 17.1. The average molecular weight is 835 g/mol. The molecule has 2 aromatic rings. The van der Waals surface area contributed by atoms with Crippen LogP contribution in [0.5, 0.6) is 0 Å². The summed E-state index contributed by atoms with van der Waals surface area (Å²) in [5.74, 6) is -5.82. The van der Waals surface area contributed by atoms with Gasteiger partial charge in [-0.2, -0.15) is 5.26 Å². The molecule has 4 aliphatic rings. The maximum atomic E-state index is 16.8. The highest BCUT2D eigenvalue weighted by Crippen LogP contribution is 2.64. The van der Waals surface area contributed by atoms with Gasteiger partial charge in [-0.05, 0) is 51.5 Å². The van der Waals surface area contributed by atoms with Crippen LogP contribution in [-0.4, -0.2) is 94.0 Å². The Bertz CT molecular complexity index is 2030. The summed E-state index contributed by atoms with van der Waals surface area (Å²) < 4.78 is 46.3. The van der Waals surface area contributed by atoms with Crippen molar-refractivity contribution in [1.29, 1.82) is 5.26 Å². The number of benzene rings is 2. The summed E-state index contributed by atoms with van der Waals surface area (Å²) in [5, 5.41) is 34.8. The van der Waals surface area contributed by atoms with E-state index in [0.29, 0.717) is 5.56 Å². The van der Waals surface area contributed by atoms with Crippen LogP contribution < -0.4 is 5.32 Å². The molecule has 2 saturated carbocycles. The van der Waals surface area contributed by atoms with E-state index in [9.17, 15) is 34.2 Å². The number of aliphatic hydroxyl groups is 2. The number of fused-ring (bicyclic) bond motifs is 5. The Balaban J connectivity index is 0.00000221. The van der Waals surface area contributed by atoms with E-state index in [-0.39, 0.29) is 24.2 Å². The number of amides is 1. The molecule has 14 nitrogen and oxygen atoms in total. The number of nitrogens with zero attached hydrogens (tertiary/aromatic N) is 1. The highest BCUT2D eigenvalue weighted by Gasteiger charge is 2.77. The van der Waals surface area contributed by atoms with Crippen LogP contribution in [0.25, 0.3) is 0 Å². The van der Waals surface area contributed by atoms with Crippen molar-refractivity contribution in [3.63, 3.8) is 0 Å². The first-order chi connectivity index (χ1) is 28.0. The molecule has 60 heavy (non-hydrogen) atoms. The van der Waals surface area contributed by atoms with Gasteiger partial charge >= 0.3 is 24.0 Å². The van der Waals surface area contributed by atoms with Gasteiger partial charge in [-0.1, -0.05) is 74.9 Å². The third kappa shape index (κ3) is 8.29. The number of ether oxygens (including phenoxy) is 5. The van der Waals surface area contributed by atoms with Crippen molar-refractivity contribution in [2.75, 3.05) is 6.61 Å². The van der Waals surface area contributed by atoms with Crippen LogP contribution in [0.15, 0.2) is 72.3 Å². The highest BCUT2D eigenvalue weighted by molar-refractivity contribution is 5.97. The SMILES string of the molecule is CC#N.CC(=O)O[C@@]12CO[C@@H]1C[C@@H](F)[C@@]1(C)C(=O)/C=C3/[C@@H](C)[C@@H](OC(=O)[C@H](O)[C@@H](NC(=O)OC(C)(C)C)c4ccccc4)C[C@@](O)([C@@H](OC(=O)c4ccccc4)[C@H]21)C3(C)C. The predicted octanol–water partition coefficient (Wildman–Crippen LogP) is 5.65. The normalized spacial score (nSPS) is 33.2. The van der Waals surface area contributed by atoms with E-state index < -0.39 is 112 Å². The van der Waals surface area contributed by atoms with Crippen LogP contribution in [0.1, 0.15) is 97.1 Å². The summed E-state index contributed by atoms with van der Waals surface area (Å²) in [7, 11) is 0. The molecule has 11 atom stereocenters. The Morgan fingerprint density at radius 2 is 1.60 bits per heavy atom. The van der Waals surface area contributed by atoms with Crippen molar-refractivity contribution in [2.24, 2.45) is 22.7 Å². The Hall–Kier alpha value is -5.17. The summed E-state index contributed by atoms with van der Waals surface area (Å²) in [6, 6.07) is 16.6. The first-order valence-corrected chi connectivity index (χ1v) is 19.9. The minimum Gasteiger partial charge on any atom is -0.460 e. The molecule has 0 unspecified atom stereocenters. The molecule has 1 heterocycles. The smallest absolute Gasteiger partial charge is 0.408 e. The van der Waals surface area contributed by atoms with E-state index in [1.54, 1.807) is 96.1 Å². The van der Waals surface area contributed by atoms with E-state index in [4.69, 9.17) is 28.9 Å². The topological polar surface area (TPSA) is 208 Å². The number of nitriles is 1. The van der Waals surface area contributed by atoms with Gasteiger partial charge in [0.05, 0.1) is 35.6 Å². The number of rotatable bonds is 8. The standard InChI is InChI=1S/C43H52FNO12.C2H3N/c1-23-27-19-30(47)41(8)29(44)20-31-42(22-53-31,56-24(2)46)34(41)35(55-36(49)26-17-13-10-14-18-26)43(52,40(27,6)7)21-28(23)54-37(50)33(48)32(25-15-11-9-12-16-25)45-38(51)57-39(3,4)5;1-2-3/h9-19,23,28-29,31-35,48,52H,20-22H2,1-8H3,(H,45,51);1H3/b27-19-;/t23-,28+,29-,31-,32+,33-,34+,35+,41+,42+,43-;/m1./s1. The molecule has 3 fully saturated rings. The summed E-state index contributed by atoms with van der Waals surface area (Å²) in [6.45, 7) is 13.7. The Morgan fingerprint density at radius 1 is 1.02 bits per heavy atom. The van der Waals surface area contributed by atoms with Crippen molar-refractivity contribution < 1.29 is 62.3 Å². The van der Waals surface area contributed by atoms with Gasteiger partial charge in [0.15, 0.2) is 17.5 Å². The van der Waals surface area contributed by atoms with Crippen LogP contribution in [-0.2, 0) is 38.1 Å². The Labute approximate surface area is 349 Å². The van der Waals surface area contributed by atoms with Crippen LogP contribution in [0.3, 0.4) is 0 Å². The fourth-order valence-corrected chi connectivity index (χ4v) is 9.34. The van der Waals surface area contributed by atoms with Gasteiger partial charge in [0, 0.05) is 38.0 Å². The van der Waals surface area contributed by atoms with Gasteiger partial charge < -0.3 is 39.2 Å². The van der Waals surface area contributed by atoms with Gasteiger partial charge in [0.25, 0.3) is 0 Å². The molecule has 0 radical (unpaired) electrons. The first kappa shape index (κ1) is 45.9. The lowest BCUT2D eigenvalue weighted by molar-refractivity contribution is -0.340. The second-order valence-corrected chi connectivity index (χ2v) is 17.7. The molecule has 15 heteroatoms. The van der Waals surface area contributed by atoms with Crippen molar-refractivity contribution in [2.45, 2.75) is 129 Å². The maximum Gasteiger partial charge on any atom is 0.408 e. The number of esters is 3. The fourth-order valence-electron chi connectivity index (χ4n) is 9.34. The number of nitrogens with one attached hydrogen (secondary N) is 1. The Morgan fingerprint density at radius 3 is 2.13 bits per heavy atom. The van der Waals surface area contributed by atoms with Crippen molar-refractivity contribution in [3.8, 4) is 6.07 Å². The summed E-state index contributed by atoms with van der Waals surface area (Å²) in [5.41, 5.74) is -7.51. The molecule has 1 aliphatic heterocycles. The second-order valence-electron chi connectivity index (χ2n) is 17.7. The van der Waals surface area contributed by atoms with Crippen LogP contribution >= 0.6 is 0 Å². The number of aliphatic hydroxyl groups excluding tert-OH is 1. The zero-order valence-corrected chi connectivity index (χ0v) is 35.4. The average Bonchev–Trinajstić information content (AvgIpc) is 3.17. The molecule has 1 saturated heterocycles. The maximum absolute atomic E-state index is 16.8. The lowest BCUT2D eigenvalue weighted by Crippen LogP contribution is -2.80. The number of carbonyl (C=O) groups excluding carboxylic acids is 5. The molecule has 324 valence electrons. The third-order valence-electron chi connectivity index (χ3n) is 12.5. The number of hydrogen-bond acceptors (Lipinski definition) is 13. The number of alkyl carbamates (subject to hydrolysis) is 1. The summed E-state index contributed by atoms with van der Waals surface area (Å²) in [6.07, 6.45) is -8.30. The summed E-state index contributed by atoms with van der Waals surface area (Å²) in [4.78, 5) is 68.6. The monoisotopic (exact) mass is 834 g/mol. The van der Waals surface area contributed by atoms with E-state index in [0.717, 1.165) is 0 Å². The van der Waals surface area contributed by atoms with Crippen molar-refractivity contribution in [1.82, 2.24) is 5.32 Å². The first-order valence-electron chi connectivity index (χ1n) is 19.9. The zero-order valence-electron chi connectivity index (χ0n) is 35.4. The molecule has 3 N–H and O–H groups in total. The molecule has 2 bridgehead atoms. The highest BCUT2D eigenvalue weighted by atomic mass is 19.1. The number of carbonyl (C=O) groups is 5. The number of allylic oxidation sites excluding steroid dienone is 1. The van der Waals surface area contributed by atoms with Gasteiger partial charge in [-0.25, -0.2) is 18.8 Å². The van der Waals surface area contributed by atoms with Crippen LogP contribution in [0.2, 0.25) is 0 Å². The number of alkyl halides is 1. The zero-order chi connectivity index (χ0) is 44.6. The number of halogens is 1. The van der Waals surface area contributed by atoms with E-state index >= 15 is 4.39 Å². The van der Waals surface area contributed by atoms with Crippen LogP contribution in [0.4, 0.5) is 9.18 Å². The van der Waals surface area contributed by atoms with Gasteiger partial charge in [-0.15, -0.1) is 0 Å². The largest absolute Gasteiger partial charge is 0.460 e. The molecule has 0 spiro atoms. The Kier molecular flexibility index (Phi) is 13.1. The van der Waals surface area contributed by atoms with Gasteiger partial charge in [0.1, 0.15) is 35.7 Å². The molecular weight excluding hydrogens is 779 g/mol. The van der Waals surface area contributed by atoms with Gasteiger partial charge in [-0.3, -0.25) is 9.59 Å². The van der Waals surface area contributed by atoms with Gasteiger partial charge in [0.2, 0.25) is 0 Å². The van der Waals surface area contributed by atoms with E-state index in [2.05, 4.69) is 5.32 Å². The molecule has 3 aliphatic carbocycles. The molecule has 0 aromatic heterocycles. The third-order valence-corrected chi connectivity index (χ3v) is 12.5. The van der Waals surface area contributed by atoms with Crippen LogP contribution in [0, 0.1) is 34.0 Å². The van der Waals surface area contributed by atoms with E-state index in [1.807, 2.05) is 0 Å². The van der Waals surface area contributed by atoms with Crippen molar-refractivity contribution in [3.05, 3.63) is 83.4 Å². The minimum absolute atomic E-state index is 0.0973. The minimum atomic E-state index is -2.24. The molecule has 1 amide bonds. The van der Waals surface area contributed by atoms with Crippen molar-refractivity contribution >= 4 is 29.8 Å². The molecular formula is C45H55FN2O12. The lowest BCUT2D eigenvalue weighted by atomic mass is 9.45. The predicted molar refractivity (Wildman–Crippen MR) is 212 cm³/mol.